The van der Waals surface area contributed by atoms with Crippen LogP contribution >= 0.6 is 23.2 Å². The number of anilines is 2. The van der Waals surface area contributed by atoms with Gasteiger partial charge >= 0.3 is 0 Å². The van der Waals surface area contributed by atoms with Gasteiger partial charge in [-0.3, -0.25) is 4.79 Å². The summed E-state index contributed by atoms with van der Waals surface area (Å²) in [4.78, 5) is 12.1. The van der Waals surface area contributed by atoms with Crippen molar-refractivity contribution in [1.82, 2.24) is 10.2 Å². The highest BCUT2D eigenvalue weighted by Gasteiger charge is 2.14. The molecule has 0 aliphatic carbocycles. The molecule has 0 spiro atoms. The molecule has 1 aromatic heterocycles. The monoisotopic (exact) mass is 324 g/mol. The van der Waals surface area contributed by atoms with Crippen LogP contribution in [-0.4, -0.2) is 22.6 Å². The van der Waals surface area contributed by atoms with Crippen LogP contribution < -0.4 is 10.6 Å². The number of amides is 1. The Morgan fingerprint density at radius 1 is 1.19 bits per heavy atom. The summed E-state index contributed by atoms with van der Waals surface area (Å²) in [6.07, 6.45) is 0. The van der Waals surface area contributed by atoms with Crippen molar-refractivity contribution >= 4 is 40.6 Å². The second-order valence-electron chi connectivity index (χ2n) is 4.34. The largest absolute Gasteiger partial charge is 0.369 e. The van der Waals surface area contributed by atoms with Crippen molar-refractivity contribution in [3.8, 4) is 0 Å². The molecule has 0 saturated carbocycles. The fourth-order valence-corrected chi connectivity index (χ4v) is 2.14. The number of aryl methyl sites for hydroxylation is 1. The number of aromatic nitrogens is 2. The summed E-state index contributed by atoms with van der Waals surface area (Å²) in [6.45, 7) is 4.51. The molecule has 0 unspecified atom stereocenters. The van der Waals surface area contributed by atoms with Crippen LogP contribution in [0.1, 0.15) is 23.0 Å². The van der Waals surface area contributed by atoms with Gasteiger partial charge in [0, 0.05) is 6.54 Å². The molecule has 5 nitrogen and oxygen atoms in total. The normalized spacial score (nSPS) is 10.3. The Hall–Kier alpha value is -1.85. The van der Waals surface area contributed by atoms with Crippen LogP contribution in [0.25, 0.3) is 0 Å². The van der Waals surface area contributed by atoms with Crippen molar-refractivity contribution in [2.24, 2.45) is 0 Å². The average molecular weight is 325 g/mol. The lowest BCUT2D eigenvalue weighted by atomic mass is 10.2. The van der Waals surface area contributed by atoms with E-state index in [1.165, 1.54) is 0 Å². The Morgan fingerprint density at radius 2 is 1.95 bits per heavy atom. The summed E-state index contributed by atoms with van der Waals surface area (Å²) in [7, 11) is 0. The van der Waals surface area contributed by atoms with Crippen molar-refractivity contribution in [1.29, 1.82) is 0 Å². The predicted octanol–water partition coefficient (Wildman–Crippen LogP) is 3.78. The molecular weight excluding hydrogens is 311 g/mol. The van der Waals surface area contributed by atoms with E-state index in [1.807, 2.05) is 13.8 Å². The van der Waals surface area contributed by atoms with Crippen molar-refractivity contribution in [2.75, 3.05) is 17.2 Å². The first kappa shape index (κ1) is 15.5. The second-order valence-corrected chi connectivity index (χ2v) is 5.13. The van der Waals surface area contributed by atoms with E-state index in [0.29, 0.717) is 21.6 Å². The first-order chi connectivity index (χ1) is 10.0. The molecule has 21 heavy (non-hydrogen) atoms. The maximum absolute atomic E-state index is 12.1. The third-order valence-corrected chi connectivity index (χ3v) is 3.58. The number of nitrogens with zero attached hydrogens (tertiary/aromatic N) is 2. The molecule has 0 radical (unpaired) electrons. The van der Waals surface area contributed by atoms with Gasteiger partial charge in [-0.15, -0.1) is 10.2 Å². The van der Waals surface area contributed by atoms with Gasteiger partial charge in [-0.2, -0.15) is 0 Å². The molecule has 7 heteroatoms. The van der Waals surface area contributed by atoms with Crippen LogP contribution in [0.2, 0.25) is 10.0 Å². The number of hydrogen-bond donors (Lipinski definition) is 2. The third kappa shape index (κ3) is 3.62. The number of halogens is 2. The highest BCUT2D eigenvalue weighted by Crippen LogP contribution is 2.33. The lowest BCUT2D eigenvalue weighted by Gasteiger charge is -2.10. The van der Waals surface area contributed by atoms with E-state index < -0.39 is 5.91 Å². The van der Waals surface area contributed by atoms with Gasteiger partial charge < -0.3 is 10.6 Å². The summed E-state index contributed by atoms with van der Waals surface area (Å²) in [5, 5.41) is 14.2. The Bertz CT molecular complexity index is 659. The second kappa shape index (κ2) is 6.74. The molecule has 0 atom stereocenters. The van der Waals surface area contributed by atoms with E-state index in [0.717, 1.165) is 12.1 Å². The minimum absolute atomic E-state index is 0.185. The molecule has 1 heterocycles. The lowest BCUT2D eigenvalue weighted by molar-refractivity contribution is 0.102. The average Bonchev–Trinajstić information content (AvgIpc) is 2.48. The summed E-state index contributed by atoms with van der Waals surface area (Å²) >= 11 is 12.2. The van der Waals surface area contributed by atoms with Gasteiger partial charge in [-0.05, 0) is 37.6 Å². The van der Waals surface area contributed by atoms with E-state index in [4.69, 9.17) is 23.2 Å². The van der Waals surface area contributed by atoms with Crippen LogP contribution in [-0.2, 0) is 0 Å². The molecule has 2 N–H and O–H groups in total. The molecule has 0 aliphatic rings. The van der Waals surface area contributed by atoms with E-state index in [1.54, 1.807) is 24.3 Å². The highest BCUT2D eigenvalue weighted by molar-refractivity contribution is 6.40. The van der Waals surface area contributed by atoms with Crippen LogP contribution in [0.3, 0.4) is 0 Å². The van der Waals surface area contributed by atoms with Crippen molar-refractivity contribution in [3.05, 3.63) is 45.6 Å². The summed E-state index contributed by atoms with van der Waals surface area (Å²) < 4.78 is 0. The van der Waals surface area contributed by atoms with Gasteiger partial charge in [0.1, 0.15) is 5.82 Å². The summed E-state index contributed by atoms with van der Waals surface area (Å²) in [5.41, 5.74) is 1.39. The molecule has 1 aromatic carbocycles. The SMILES string of the molecule is CCNc1ccc(C(=O)Nc2c(Cl)ccc(C)c2Cl)nn1. The van der Waals surface area contributed by atoms with Gasteiger partial charge in [-0.25, -0.2) is 0 Å². The Morgan fingerprint density at radius 3 is 2.57 bits per heavy atom. The van der Waals surface area contributed by atoms with Crippen LogP contribution in [0.4, 0.5) is 11.5 Å². The topological polar surface area (TPSA) is 66.9 Å². The van der Waals surface area contributed by atoms with Gasteiger partial charge in [0.25, 0.3) is 5.91 Å². The number of nitrogens with one attached hydrogen (secondary N) is 2. The van der Waals surface area contributed by atoms with Crippen molar-refractivity contribution in [2.45, 2.75) is 13.8 Å². The lowest BCUT2D eigenvalue weighted by Crippen LogP contribution is -2.15. The quantitative estimate of drug-likeness (QED) is 0.898. The zero-order valence-corrected chi connectivity index (χ0v) is 13.1. The molecule has 0 aliphatic heterocycles. The summed E-state index contributed by atoms with van der Waals surface area (Å²) in [6, 6.07) is 6.73. The number of hydrogen-bond acceptors (Lipinski definition) is 4. The Labute approximate surface area is 132 Å². The van der Waals surface area contributed by atoms with E-state index >= 15 is 0 Å². The van der Waals surface area contributed by atoms with E-state index in [-0.39, 0.29) is 5.69 Å². The minimum atomic E-state index is -0.417. The standard InChI is InChI=1S/C14H14Cl2N4O/c1-3-17-11-7-6-10(19-20-11)14(21)18-13-9(15)5-4-8(2)12(13)16/h4-7H,3H2,1-2H3,(H,17,20)(H,18,21). The fraction of sp³-hybridized carbons (Fsp3) is 0.214. The number of carbonyl (C=O) groups excluding carboxylic acids is 1. The zero-order chi connectivity index (χ0) is 15.4. The Balaban J connectivity index is 2.20. The highest BCUT2D eigenvalue weighted by atomic mass is 35.5. The first-order valence-corrected chi connectivity index (χ1v) is 7.12. The number of carbonyl (C=O) groups is 1. The Kier molecular flexibility index (Phi) is 4.98. The molecule has 0 saturated heterocycles. The molecule has 1 amide bonds. The van der Waals surface area contributed by atoms with E-state index in [9.17, 15) is 4.79 Å². The smallest absolute Gasteiger partial charge is 0.276 e. The molecule has 0 fully saturated rings. The number of benzene rings is 1. The van der Waals surface area contributed by atoms with Crippen LogP contribution in [0, 0.1) is 6.92 Å². The number of rotatable bonds is 4. The fourth-order valence-electron chi connectivity index (χ4n) is 1.68. The maximum Gasteiger partial charge on any atom is 0.276 e. The van der Waals surface area contributed by atoms with Gasteiger partial charge in [0.15, 0.2) is 5.69 Å². The summed E-state index contributed by atoms with van der Waals surface area (Å²) in [5.74, 6) is 0.195. The van der Waals surface area contributed by atoms with Crippen molar-refractivity contribution in [3.63, 3.8) is 0 Å². The molecule has 2 aromatic rings. The van der Waals surface area contributed by atoms with Gasteiger partial charge in [0.05, 0.1) is 15.7 Å². The first-order valence-electron chi connectivity index (χ1n) is 6.36. The molecular formula is C14H14Cl2N4O. The maximum atomic E-state index is 12.1. The molecule has 0 bridgehead atoms. The molecule has 2 rings (SSSR count). The van der Waals surface area contributed by atoms with Gasteiger partial charge in [-0.1, -0.05) is 29.3 Å². The molecule has 110 valence electrons. The third-order valence-electron chi connectivity index (χ3n) is 2.78. The van der Waals surface area contributed by atoms with Gasteiger partial charge in [0.2, 0.25) is 0 Å². The van der Waals surface area contributed by atoms with Crippen molar-refractivity contribution < 1.29 is 4.79 Å². The van der Waals surface area contributed by atoms with Crippen LogP contribution in [0.15, 0.2) is 24.3 Å². The zero-order valence-electron chi connectivity index (χ0n) is 11.6. The van der Waals surface area contributed by atoms with Crippen LogP contribution in [0.5, 0.6) is 0 Å². The predicted molar refractivity (Wildman–Crippen MR) is 85.3 cm³/mol. The minimum Gasteiger partial charge on any atom is -0.369 e. The van der Waals surface area contributed by atoms with E-state index in [2.05, 4.69) is 20.8 Å².